The molecule has 2 N–H and O–H groups in total. The van der Waals surface area contributed by atoms with Gasteiger partial charge in [0.1, 0.15) is 11.5 Å². The fourth-order valence-electron chi connectivity index (χ4n) is 3.17. The molecule has 0 saturated heterocycles. The first-order chi connectivity index (χ1) is 13.3. The molecule has 0 radical (unpaired) electrons. The van der Waals surface area contributed by atoms with Gasteiger partial charge in [0, 0.05) is 16.5 Å². The van der Waals surface area contributed by atoms with Gasteiger partial charge in [-0.15, -0.1) is 0 Å². The Hall–Kier alpha value is -3.41. The second-order valence-electron chi connectivity index (χ2n) is 6.44. The molecule has 4 aromatic rings. The summed E-state index contributed by atoms with van der Waals surface area (Å²) in [6.45, 7) is 0. The van der Waals surface area contributed by atoms with Gasteiger partial charge in [-0.2, -0.15) is 13.2 Å². The zero-order chi connectivity index (χ0) is 19.9. The number of aromatic hydroxyl groups is 1. The van der Waals surface area contributed by atoms with E-state index in [2.05, 4.69) is 4.98 Å². The van der Waals surface area contributed by atoms with Crippen molar-refractivity contribution in [2.75, 3.05) is 7.11 Å². The summed E-state index contributed by atoms with van der Waals surface area (Å²) in [5.41, 5.74) is 2.71. The smallest absolute Gasteiger partial charge is 0.416 e. The maximum Gasteiger partial charge on any atom is 0.416 e. The molecule has 0 unspecified atom stereocenters. The zero-order valence-electron chi connectivity index (χ0n) is 14.8. The minimum atomic E-state index is -4.40. The van der Waals surface area contributed by atoms with Crippen molar-refractivity contribution in [1.82, 2.24) is 4.98 Å². The van der Waals surface area contributed by atoms with Gasteiger partial charge in [0.2, 0.25) is 0 Å². The van der Waals surface area contributed by atoms with Crippen LogP contribution in [0.3, 0.4) is 0 Å². The Morgan fingerprint density at radius 3 is 2.25 bits per heavy atom. The van der Waals surface area contributed by atoms with E-state index in [-0.39, 0.29) is 5.75 Å². The number of hydrogen-bond acceptors (Lipinski definition) is 2. The third-order valence-electron chi connectivity index (χ3n) is 4.66. The second-order valence-corrected chi connectivity index (χ2v) is 6.44. The summed E-state index contributed by atoms with van der Waals surface area (Å²) in [5.74, 6) is 0.777. The van der Waals surface area contributed by atoms with E-state index in [9.17, 15) is 18.3 Å². The summed E-state index contributed by atoms with van der Waals surface area (Å²) in [7, 11) is 1.59. The first-order valence-corrected chi connectivity index (χ1v) is 8.53. The lowest BCUT2D eigenvalue weighted by Gasteiger charge is -2.08. The Kier molecular flexibility index (Phi) is 4.26. The number of alkyl halides is 3. The summed E-state index contributed by atoms with van der Waals surface area (Å²) in [6.07, 6.45) is -4.40. The first-order valence-electron chi connectivity index (χ1n) is 8.53. The highest BCUT2D eigenvalue weighted by atomic mass is 19.4. The molecule has 0 fully saturated rings. The third-order valence-corrected chi connectivity index (χ3v) is 4.66. The van der Waals surface area contributed by atoms with Crippen LogP contribution in [-0.4, -0.2) is 17.2 Å². The number of phenolic OH excluding ortho intramolecular Hbond substituents is 1. The molecule has 0 aliphatic rings. The number of aromatic nitrogens is 1. The van der Waals surface area contributed by atoms with Crippen LogP contribution in [0, 0.1) is 0 Å². The van der Waals surface area contributed by atoms with Crippen LogP contribution < -0.4 is 4.74 Å². The van der Waals surface area contributed by atoms with Gasteiger partial charge in [0.15, 0.2) is 0 Å². The van der Waals surface area contributed by atoms with Gasteiger partial charge in [0.05, 0.1) is 18.4 Å². The lowest BCUT2D eigenvalue weighted by molar-refractivity contribution is -0.137. The monoisotopic (exact) mass is 383 g/mol. The highest BCUT2D eigenvalue weighted by Crippen LogP contribution is 2.37. The normalized spacial score (nSPS) is 11.7. The molecule has 0 bridgehead atoms. The van der Waals surface area contributed by atoms with Crippen LogP contribution >= 0.6 is 0 Å². The van der Waals surface area contributed by atoms with E-state index in [0.29, 0.717) is 22.2 Å². The van der Waals surface area contributed by atoms with Gasteiger partial charge in [-0.25, -0.2) is 0 Å². The lowest BCUT2D eigenvalue weighted by atomic mass is 10.0. The number of hydrogen-bond donors (Lipinski definition) is 2. The van der Waals surface area contributed by atoms with Crippen LogP contribution in [0.1, 0.15) is 5.56 Å². The molecule has 6 heteroatoms. The summed E-state index contributed by atoms with van der Waals surface area (Å²) < 4.78 is 44.0. The number of fused-ring (bicyclic) bond motifs is 1. The van der Waals surface area contributed by atoms with Gasteiger partial charge < -0.3 is 14.8 Å². The number of nitrogens with one attached hydrogen (secondary N) is 1. The van der Waals surface area contributed by atoms with Crippen LogP contribution in [0.4, 0.5) is 13.2 Å². The van der Waals surface area contributed by atoms with Crippen LogP contribution in [0.25, 0.3) is 33.3 Å². The largest absolute Gasteiger partial charge is 0.507 e. The minimum Gasteiger partial charge on any atom is -0.507 e. The van der Waals surface area contributed by atoms with Crippen molar-refractivity contribution in [2.24, 2.45) is 0 Å². The van der Waals surface area contributed by atoms with Gasteiger partial charge in [-0.05, 0) is 59.7 Å². The van der Waals surface area contributed by atoms with Crippen LogP contribution in [-0.2, 0) is 6.18 Å². The molecule has 142 valence electrons. The average Bonchev–Trinajstić information content (AvgIpc) is 3.11. The predicted octanol–water partition coefficient (Wildman–Crippen LogP) is 6.23. The topological polar surface area (TPSA) is 45.2 Å². The zero-order valence-corrected chi connectivity index (χ0v) is 14.8. The number of rotatable bonds is 3. The number of methoxy groups -OCH3 is 1. The van der Waals surface area contributed by atoms with E-state index >= 15 is 0 Å². The first kappa shape index (κ1) is 18.0. The van der Waals surface area contributed by atoms with E-state index in [0.717, 1.165) is 29.0 Å². The molecule has 1 heterocycles. The van der Waals surface area contributed by atoms with Gasteiger partial charge in [-0.1, -0.05) is 18.2 Å². The minimum absolute atomic E-state index is 0.0415. The maximum atomic E-state index is 12.9. The lowest BCUT2D eigenvalue weighted by Crippen LogP contribution is -2.03. The summed E-state index contributed by atoms with van der Waals surface area (Å²) >= 11 is 0. The molecule has 1 aromatic heterocycles. The molecule has 4 rings (SSSR count). The number of phenols is 1. The highest BCUT2D eigenvalue weighted by Gasteiger charge is 2.30. The number of halogens is 3. The Morgan fingerprint density at radius 1 is 0.857 bits per heavy atom. The number of ether oxygens (including phenoxy) is 1. The maximum absolute atomic E-state index is 12.9. The molecular formula is C22H16F3NO2. The molecular weight excluding hydrogens is 367 g/mol. The molecule has 0 atom stereocenters. The van der Waals surface area contributed by atoms with Crippen LogP contribution in [0.5, 0.6) is 11.5 Å². The van der Waals surface area contributed by atoms with E-state index < -0.39 is 11.7 Å². The Labute approximate surface area is 159 Å². The SMILES string of the molecule is COc1ccc(-c2ccc(O)c(-c3cc4cc(C(F)(F)F)ccc4[nH]3)c2)cc1. The molecule has 0 amide bonds. The summed E-state index contributed by atoms with van der Waals surface area (Å²) in [4.78, 5) is 3.08. The van der Waals surface area contributed by atoms with Crippen LogP contribution in [0.15, 0.2) is 66.7 Å². The van der Waals surface area contributed by atoms with Crippen molar-refractivity contribution in [3.63, 3.8) is 0 Å². The van der Waals surface area contributed by atoms with E-state index in [1.165, 1.54) is 6.07 Å². The van der Waals surface area contributed by atoms with Crippen molar-refractivity contribution >= 4 is 10.9 Å². The molecule has 28 heavy (non-hydrogen) atoms. The third kappa shape index (κ3) is 3.29. The van der Waals surface area contributed by atoms with Crippen molar-refractivity contribution in [3.8, 4) is 33.9 Å². The van der Waals surface area contributed by atoms with Crippen LogP contribution in [0.2, 0.25) is 0 Å². The van der Waals surface area contributed by atoms with E-state index in [4.69, 9.17) is 4.74 Å². The Bertz CT molecular complexity index is 1140. The van der Waals surface area contributed by atoms with Crippen molar-refractivity contribution in [1.29, 1.82) is 0 Å². The molecule has 0 spiro atoms. The summed E-state index contributed by atoms with van der Waals surface area (Å²) in [5, 5.41) is 10.7. The van der Waals surface area contributed by atoms with Gasteiger partial charge in [0.25, 0.3) is 0 Å². The quantitative estimate of drug-likeness (QED) is 0.440. The predicted molar refractivity (Wildman–Crippen MR) is 102 cm³/mol. The van der Waals surface area contributed by atoms with Gasteiger partial charge in [-0.3, -0.25) is 0 Å². The van der Waals surface area contributed by atoms with Gasteiger partial charge >= 0.3 is 6.18 Å². The fourth-order valence-corrected chi connectivity index (χ4v) is 3.17. The highest BCUT2D eigenvalue weighted by molar-refractivity contribution is 5.88. The number of aromatic amines is 1. The molecule has 0 aliphatic heterocycles. The number of H-pyrrole nitrogens is 1. The average molecular weight is 383 g/mol. The molecule has 0 saturated carbocycles. The summed E-state index contributed by atoms with van der Waals surface area (Å²) in [6, 6.07) is 17.8. The fraction of sp³-hybridized carbons (Fsp3) is 0.0909. The van der Waals surface area contributed by atoms with Crippen molar-refractivity contribution < 1.29 is 23.0 Å². The molecule has 3 aromatic carbocycles. The van der Waals surface area contributed by atoms with E-state index in [1.807, 2.05) is 24.3 Å². The Balaban J connectivity index is 1.77. The van der Waals surface area contributed by atoms with Crippen molar-refractivity contribution in [2.45, 2.75) is 6.18 Å². The van der Waals surface area contributed by atoms with Crippen molar-refractivity contribution in [3.05, 3.63) is 72.3 Å². The molecule has 0 aliphatic carbocycles. The second kappa shape index (κ2) is 6.64. The standard InChI is InChI=1S/C22H16F3NO2/c1-28-17-6-2-13(3-7-17)14-4-9-21(27)18(11-14)20-12-15-10-16(22(23,24)25)5-8-19(15)26-20/h2-12,26-27H,1H3. The number of benzene rings is 3. The Morgan fingerprint density at radius 2 is 1.57 bits per heavy atom. The molecule has 3 nitrogen and oxygen atoms in total. The van der Waals surface area contributed by atoms with E-state index in [1.54, 1.807) is 31.4 Å².